The molecule has 1 aromatic carbocycles. The van der Waals surface area contributed by atoms with Gasteiger partial charge in [-0.05, 0) is 24.5 Å². The van der Waals surface area contributed by atoms with Crippen LogP contribution in [0.4, 0.5) is 0 Å². The minimum Gasteiger partial charge on any atom is -0.480 e. The van der Waals surface area contributed by atoms with Crippen LogP contribution in [-0.4, -0.2) is 12.0 Å². The molecule has 0 unspecified atom stereocenters. The number of fused-ring (bicyclic) bond motifs is 1. The Hall–Kier alpha value is -1.51. The molecule has 0 bridgehead atoms. The Morgan fingerprint density at radius 2 is 2.07 bits per heavy atom. The predicted molar refractivity (Wildman–Crippen MR) is 59.7 cm³/mol. The van der Waals surface area contributed by atoms with Crippen LogP contribution in [0.2, 0.25) is 0 Å². The van der Waals surface area contributed by atoms with E-state index in [9.17, 15) is 4.79 Å². The van der Waals surface area contributed by atoms with E-state index in [1.807, 2.05) is 38.1 Å². The van der Waals surface area contributed by atoms with Gasteiger partial charge in [0, 0.05) is 0 Å². The lowest BCUT2D eigenvalue weighted by Crippen LogP contribution is -2.36. The van der Waals surface area contributed by atoms with Crippen LogP contribution in [0.5, 0.6) is 5.75 Å². The fourth-order valence-corrected chi connectivity index (χ4v) is 1.52. The van der Waals surface area contributed by atoms with E-state index < -0.39 is 6.10 Å². The highest BCUT2D eigenvalue weighted by molar-refractivity contribution is 5.79. The molecule has 3 nitrogen and oxygen atoms in total. The van der Waals surface area contributed by atoms with Crippen molar-refractivity contribution in [3.8, 4) is 5.75 Å². The Labute approximate surface area is 90.2 Å². The van der Waals surface area contributed by atoms with Crippen molar-refractivity contribution in [2.24, 2.45) is 5.73 Å². The van der Waals surface area contributed by atoms with E-state index >= 15 is 0 Å². The molecule has 1 aliphatic rings. The number of nitrogens with two attached hydrogens (primary N) is 1. The summed E-state index contributed by atoms with van der Waals surface area (Å²) < 4.78 is 5.42. The van der Waals surface area contributed by atoms with Crippen LogP contribution >= 0.6 is 0 Å². The first-order valence-electron chi connectivity index (χ1n) is 5.31. The number of hydrogen-bond acceptors (Lipinski definition) is 2. The van der Waals surface area contributed by atoms with Gasteiger partial charge in [-0.2, -0.15) is 0 Å². The lowest BCUT2D eigenvalue weighted by atomic mass is 10.0. The van der Waals surface area contributed by atoms with Gasteiger partial charge in [-0.1, -0.05) is 32.0 Å². The van der Waals surface area contributed by atoms with Gasteiger partial charge >= 0.3 is 0 Å². The highest BCUT2D eigenvalue weighted by Gasteiger charge is 2.23. The molecule has 3 heteroatoms. The molecule has 0 aliphatic carbocycles. The molecule has 2 N–H and O–H groups in total. The van der Waals surface area contributed by atoms with E-state index in [0.717, 1.165) is 17.7 Å². The van der Waals surface area contributed by atoms with Crippen LogP contribution in [0.1, 0.15) is 25.8 Å². The molecule has 1 aliphatic heterocycles. The van der Waals surface area contributed by atoms with Crippen molar-refractivity contribution in [1.82, 2.24) is 0 Å². The summed E-state index contributed by atoms with van der Waals surface area (Å²) in [5.41, 5.74) is 6.31. The Balaban J connectivity index is 0.000000531. The van der Waals surface area contributed by atoms with Crippen LogP contribution in [0.15, 0.2) is 24.3 Å². The number of benzene rings is 1. The quantitative estimate of drug-likeness (QED) is 0.764. The number of amides is 1. The number of hydrogen-bond donors (Lipinski definition) is 1. The molecule has 1 atom stereocenters. The third-order valence-electron chi connectivity index (χ3n) is 2.24. The fourth-order valence-electron chi connectivity index (χ4n) is 1.52. The lowest BCUT2D eigenvalue weighted by Gasteiger charge is -2.23. The highest BCUT2D eigenvalue weighted by atomic mass is 16.5. The van der Waals surface area contributed by atoms with Gasteiger partial charge in [0.05, 0.1) is 0 Å². The molecule has 1 heterocycles. The Morgan fingerprint density at radius 1 is 1.40 bits per heavy atom. The smallest absolute Gasteiger partial charge is 0.258 e. The molecule has 0 saturated carbocycles. The largest absolute Gasteiger partial charge is 0.480 e. The van der Waals surface area contributed by atoms with Gasteiger partial charge < -0.3 is 10.5 Å². The molecular formula is C12H17NO2. The molecule has 0 spiro atoms. The van der Waals surface area contributed by atoms with E-state index in [1.165, 1.54) is 0 Å². The van der Waals surface area contributed by atoms with Crippen molar-refractivity contribution in [3.05, 3.63) is 29.8 Å². The van der Waals surface area contributed by atoms with E-state index in [1.54, 1.807) is 0 Å². The van der Waals surface area contributed by atoms with E-state index in [2.05, 4.69) is 0 Å². The summed E-state index contributed by atoms with van der Waals surface area (Å²) >= 11 is 0. The predicted octanol–water partition coefficient (Wildman–Crippen LogP) is 1.89. The Morgan fingerprint density at radius 3 is 2.73 bits per heavy atom. The minimum absolute atomic E-state index is 0.380. The topological polar surface area (TPSA) is 52.3 Å². The molecule has 15 heavy (non-hydrogen) atoms. The van der Waals surface area contributed by atoms with Crippen LogP contribution in [0.25, 0.3) is 0 Å². The average molecular weight is 207 g/mol. The van der Waals surface area contributed by atoms with Crippen molar-refractivity contribution in [3.63, 3.8) is 0 Å². The molecule has 1 aromatic rings. The summed E-state index contributed by atoms with van der Waals surface area (Å²) in [6, 6.07) is 7.73. The second kappa shape index (κ2) is 5.39. The molecule has 0 aromatic heterocycles. The first-order valence-corrected chi connectivity index (χ1v) is 5.31. The van der Waals surface area contributed by atoms with Gasteiger partial charge in [-0.25, -0.2) is 0 Å². The summed E-state index contributed by atoms with van der Waals surface area (Å²) in [7, 11) is 0. The molecular weight excluding hydrogens is 190 g/mol. The first kappa shape index (κ1) is 11.6. The highest BCUT2D eigenvalue weighted by Crippen LogP contribution is 2.26. The summed E-state index contributed by atoms with van der Waals surface area (Å²) in [6.07, 6.45) is 1.10. The first-order chi connectivity index (χ1) is 7.27. The van der Waals surface area contributed by atoms with Crippen LogP contribution < -0.4 is 10.5 Å². The summed E-state index contributed by atoms with van der Waals surface area (Å²) in [5, 5.41) is 0. The molecule has 2 rings (SSSR count). The number of para-hydroxylation sites is 1. The number of rotatable bonds is 1. The Bertz CT molecular complexity index is 336. The molecule has 1 amide bonds. The number of aryl methyl sites for hydroxylation is 1. The second-order valence-corrected chi connectivity index (χ2v) is 3.16. The number of carbonyl (C=O) groups excluding carboxylic acids is 1. The minimum atomic E-state index is -0.449. The number of carbonyl (C=O) groups is 1. The second-order valence-electron chi connectivity index (χ2n) is 3.16. The van der Waals surface area contributed by atoms with E-state index in [4.69, 9.17) is 10.5 Å². The van der Waals surface area contributed by atoms with Crippen LogP contribution in [-0.2, 0) is 11.2 Å². The van der Waals surface area contributed by atoms with Gasteiger partial charge in [0.25, 0.3) is 5.91 Å². The summed E-state index contributed by atoms with van der Waals surface area (Å²) in [5.74, 6) is 0.409. The van der Waals surface area contributed by atoms with E-state index in [-0.39, 0.29) is 5.91 Å². The molecule has 82 valence electrons. The summed E-state index contributed by atoms with van der Waals surface area (Å²) in [4.78, 5) is 10.9. The van der Waals surface area contributed by atoms with Crippen LogP contribution in [0.3, 0.4) is 0 Å². The van der Waals surface area contributed by atoms with Crippen molar-refractivity contribution >= 4 is 5.91 Å². The average Bonchev–Trinajstić information content (AvgIpc) is 2.31. The Kier molecular flexibility index (Phi) is 4.16. The monoisotopic (exact) mass is 207 g/mol. The van der Waals surface area contributed by atoms with Gasteiger partial charge in [0.15, 0.2) is 6.10 Å². The van der Waals surface area contributed by atoms with Crippen molar-refractivity contribution in [1.29, 1.82) is 0 Å². The zero-order valence-electron chi connectivity index (χ0n) is 9.19. The van der Waals surface area contributed by atoms with Crippen molar-refractivity contribution in [2.75, 3.05) is 0 Å². The van der Waals surface area contributed by atoms with Gasteiger partial charge in [0.2, 0.25) is 0 Å². The SMILES string of the molecule is CC.NC(=O)[C@H]1CCc2ccccc2O1. The standard InChI is InChI=1S/C10H11NO2.C2H6/c11-10(12)9-6-5-7-3-1-2-4-8(7)13-9;1-2/h1-4,9H,5-6H2,(H2,11,12);1-2H3/t9-;/m1./s1. The maximum atomic E-state index is 10.9. The number of ether oxygens (including phenoxy) is 1. The zero-order valence-corrected chi connectivity index (χ0v) is 9.19. The summed E-state index contributed by atoms with van der Waals surface area (Å²) in [6.45, 7) is 4.00. The maximum Gasteiger partial charge on any atom is 0.258 e. The van der Waals surface area contributed by atoms with Crippen molar-refractivity contribution < 1.29 is 9.53 Å². The molecule has 0 saturated heterocycles. The third-order valence-corrected chi connectivity index (χ3v) is 2.24. The van der Waals surface area contributed by atoms with Gasteiger partial charge in [-0.15, -0.1) is 0 Å². The number of primary amides is 1. The van der Waals surface area contributed by atoms with Gasteiger partial charge in [0.1, 0.15) is 5.75 Å². The third kappa shape index (κ3) is 2.72. The maximum absolute atomic E-state index is 10.9. The lowest BCUT2D eigenvalue weighted by molar-refractivity contribution is -0.125. The molecule has 0 radical (unpaired) electrons. The fraction of sp³-hybridized carbons (Fsp3) is 0.417. The van der Waals surface area contributed by atoms with Crippen molar-refractivity contribution in [2.45, 2.75) is 32.8 Å². The van der Waals surface area contributed by atoms with E-state index in [0.29, 0.717) is 6.42 Å². The molecule has 0 fully saturated rings. The zero-order chi connectivity index (χ0) is 11.3. The van der Waals surface area contributed by atoms with Crippen LogP contribution in [0, 0.1) is 0 Å². The van der Waals surface area contributed by atoms with Gasteiger partial charge in [-0.3, -0.25) is 4.79 Å². The normalized spacial score (nSPS) is 17.9.